The van der Waals surface area contributed by atoms with E-state index >= 15 is 0 Å². The van der Waals surface area contributed by atoms with Gasteiger partial charge in [0.25, 0.3) is 0 Å². The Balaban J connectivity index is 2.47. The monoisotopic (exact) mass is 272 g/mol. The number of benzene rings is 1. The third-order valence-electron chi connectivity index (χ3n) is 3.07. The molecule has 0 bridgehead atoms. The number of amides is 1. The van der Waals surface area contributed by atoms with Crippen LogP contribution in [0.4, 0.5) is 8.78 Å². The molecule has 1 rings (SSSR count). The summed E-state index contributed by atoms with van der Waals surface area (Å²) < 4.78 is 31.3. The minimum absolute atomic E-state index is 0.134. The van der Waals surface area contributed by atoms with Gasteiger partial charge in [0.1, 0.15) is 5.82 Å². The lowest BCUT2D eigenvalue weighted by Gasteiger charge is -2.25. The summed E-state index contributed by atoms with van der Waals surface area (Å²) >= 11 is 0. The Morgan fingerprint density at radius 1 is 1.47 bits per heavy atom. The van der Waals surface area contributed by atoms with Crippen LogP contribution in [0.3, 0.4) is 0 Å². The molecule has 4 nitrogen and oxygen atoms in total. The van der Waals surface area contributed by atoms with E-state index in [2.05, 4.69) is 5.32 Å². The predicted octanol–water partition coefficient (Wildman–Crippen LogP) is 1.59. The molecule has 19 heavy (non-hydrogen) atoms. The molecule has 6 heteroatoms. The highest BCUT2D eigenvalue weighted by Gasteiger charge is 2.28. The first-order valence-corrected chi connectivity index (χ1v) is 5.96. The Labute approximate surface area is 110 Å². The summed E-state index contributed by atoms with van der Waals surface area (Å²) in [5, 5.41) is 2.83. The van der Waals surface area contributed by atoms with Crippen molar-refractivity contribution < 1.29 is 18.3 Å². The van der Waals surface area contributed by atoms with E-state index in [0.29, 0.717) is 12.8 Å². The van der Waals surface area contributed by atoms with Gasteiger partial charge in [0.2, 0.25) is 5.91 Å². The smallest absolute Gasteiger partial charge is 0.237 e. The molecule has 1 aromatic rings. The Hall–Kier alpha value is -1.69. The van der Waals surface area contributed by atoms with Crippen molar-refractivity contribution in [1.82, 2.24) is 5.32 Å². The zero-order valence-corrected chi connectivity index (χ0v) is 11.0. The van der Waals surface area contributed by atoms with E-state index in [9.17, 15) is 13.6 Å². The fourth-order valence-electron chi connectivity index (χ4n) is 1.57. The van der Waals surface area contributed by atoms with Crippen LogP contribution in [0, 0.1) is 11.6 Å². The Bertz CT molecular complexity index is 454. The van der Waals surface area contributed by atoms with Crippen molar-refractivity contribution in [3.63, 3.8) is 0 Å². The topological polar surface area (TPSA) is 64.3 Å². The molecule has 1 unspecified atom stereocenters. The zero-order valence-electron chi connectivity index (χ0n) is 11.0. The summed E-state index contributed by atoms with van der Waals surface area (Å²) in [5.74, 6) is -1.78. The van der Waals surface area contributed by atoms with Gasteiger partial charge in [-0.2, -0.15) is 0 Å². The van der Waals surface area contributed by atoms with E-state index in [0.717, 1.165) is 18.2 Å². The third kappa shape index (κ3) is 4.17. The van der Waals surface area contributed by atoms with Gasteiger partial charge in [-0.3, -0.25) is 4.79 Å². The van der Waals surface area contributed by atoms with Gasteiger partial charge in [0, 0.05) is 6.07 Å². The second-order valence-corrected chi connectivity index (χ2v) is 4.47. The number of hydrogen-bond donors (Lipinski definition) is 2. The van der Waals surface area contributed by atoms with E-state index in [1.807, 2.05) is 0 Å². The number of halogens is 2. The number of nitrogens with one attached hydrogen (secondary N) is 1. The largest absolute Gasteiger partial charge is 0.490 e. The summed E-state index contributed by atoms with van der Waals surface area (Å²) in [6.45, 7) is 1.85. The molecular formula is C13H18F2N2O2. The molecule has 0 aliphatic rings. The first-order valence-electron chi connectivity index (χ1n) is 5.96. The van der Waals surface area contributed by atoms with Crippen LogP contribution in [0.5, 0.6) is 5.75 Å². The van der Waals surface area contributed by atoms with Crippen molar-refractivity contribution in [2.45, 2.75) is 25.3 Å². The average molecular weight is 272 g/mol. The van der Waals surface area contributed by atoms with Crippen LogP contribution in [-0.4, -0.2) is 25.1 Å². The minimum Gasteiger partial charge on any atom is -0.490 e. The lowest BCUT2D eigenvalue weighted by molar-refractivity contribution is -0.123. The molecule has 3 N–H and O–H groups in total. The van der Waals surface area contributed by atoms with Crippen LogP contribution >= 0.6 is 0 Å². The molecule has 1 atom stereocenters. The maximum atomic E-state index is 13.2. The van der Waals surface area contributed by atoms with Crippen LogP contribution in [-0.2, 0) is 4.79 Å². The molecule has 0 fully saturated rings. The molecule has 1 amide bonds. The van der Waals surface area contributed by atoms with Gasteiger partial charge in [0.15, 0.2) is 11.6 Å². The number of carbonyl (C=O) groups excluding carboxylic acids is 1. The van der Waals surface area contributed by atoms with E-state index in [1.54, 1.807) is 14.0 Å². The number of carbonyl (C=O) groups is 1. The third-order valence-corrected chi connectivity index (χ3v) is 3.07. The molecule has 106 valence electrons. The van der Waals surface area contributed by atoms with Crippen molar-refractivity contribution in [2.24, 2.45) is 5.73 Å². The Morgan fingerprint density at radius 2 is 2.16 bits per heavy atom. The summed E-state index contributed by atoms with van der Waals surface area (Å²) in [4.78, 5) is 11.2. The molecule has 0 radical (unpaired) electrons. The number of hydrogen-bond acceptors (Lipinski definition) is 3. The van der Waals surface area contributed by atoms with Crippen molar-refractivity contribution in [3.05, 3.63) is 29.8 Å². The highest BCUT2D eigenvalue weighted by molar-refractivity contribution is 5.84. The fraction of sp³-hybridized carbons (Fsp3) is 0.462. The van der Waals surface area contributed by atoms with Gasteiger partial charge in [-0.05, 0) is 38.9 Å². The second kappa shape index (κ2) is 6.47. The highest BCUT2D eigenvalue weighted by Crippen LogP contribution is 2.19. The molecule has 1 aromatic carbocycles. The van der Waals surface area contributed by atoms with E-state index < -0.39 is 23.1 Å². The fourth-order valence-corrected chi connectivity index (χ4v) is 1.57. The first kappa shape index (κ1) is 15.4. The lowest BCUT2D eigenvalue weighted by atomic mass is 9.95. The molecule has 0 saturated carbocycles. The van der Waals surface area contributed by atoms with Gasteiger partial charge >= 0.3 is 0 Å². The number of primary amides is 1. The quantitative estimate of drug-likeness (QED) is 0.741. The van der Waals surface area contributed by atoms with Crippen LogP contribution in [0.25, 0.3) is 0 Å². The second-order valence-electron chi connectivity index (χ2n) is 4.47. The van der Waals surface area contributed by atoms with Gasteiger partial charge < -0.3 is 15.8 Å². The molecule has 0 spiro atoms. The maximum absolute atomic E-state index is 13.2. The summed E-state index contributed by atoms with van der Waals surface area (Å²) in [6, 6.07) is 3.01. The summed E-state index contributed by atoms with van der Waals surface area (Å²) in [6.07, 6.45) is 0.923. The van der Waals surface area contributed by atoms with Crippen LogP contribution < -0.4 is 15.8 Å². The lowest BCUT2D eigenvalue weighted by Crippen LogP contribution is -2.51. The SMILES string of the molecule is CNC(C)(CCCOc1cc(F)ccc1F)C(N)=O. The van der Waals surface area contributed by atoms with Crippen molar-refractivity contribution in [2.75, 3.05) is 13.7 Å². The highest BCUT2D eigenvalue weighted by atomic mass is 19.1. The average Bonchev–Trinajstić information content (AvgIpc) is 2.38. The number of nitrogens with two attached hydrogens (primary N) is 1. The van der Waals surface area contributed by atoms with Gasteiger partial charge in [-0.15, -0.1) is 0 Å². The number of rotatable bonds is 7. The standard InChI is InChI=1S/C13H18F2N2O2/c1-13(17-2,12(16)18)6-3-7-19-11-8-9(14)4-5-10(11)15/h4-5,8,17H,3,6-7H2,1-2H3,(H2,16,18). The number of ether oxygens (including phenoxy) is 1. The molecule has 0 aliphatic carbocycles. The molecule has 0 heterocycles. The van der Waals surface area contributed by atoms with E-state index in [4.69, 9.17) is 10.5 Å². The summed E-state index contributed by atoms with van der Waals surface area (Å²) in [5.41, 5.74) is 4.44. The van der Waals surface area contributed by atoms with Crippen LogP contribution in [0.15, 0.2) is 18.2 Å². The maximum Gasteiger partial charge on any atom is 0.237 e. The zero-order chi connectivity index (χ0) is 14.5. The molecular weight excluding hydrogens is 254 g/mol. The van der Waals surface area contributed by atoms with Crippen molar-refractivity contribution >= 4 is 5.91 Å². The summed E-state index contributed by atoms with van der Waals surface area (Å²) in [7, 11) is 1.64. The number of likely N-dealkylation sites (N-methyl/N-ethyl adjacent to an activating group) is 1. The predicted molar refractivity (Wildman–Crippen MR) is 67.7 cm³/mol. The van der Waals surface area contributed by atoms with Crippen molar-refractivity contribution in [1.29, 1.82) is 0 Å². The van der Waals surface area contributed by atoms with E-state index in [1.165, 1.54) is 0 Å². The Morgan fingerprint density at radius 3 is 2.74 bits per heavy atom. The van der Waals surface area contributed by atoms with E-state index in [-0.39, 0.29) is 12.4 Å². The van der Waals surface area contributed by atoms with Gasteiger partial charge in [-0.25, -0.2) is 8.78 Å². The van der Waals surface area contributed by atoms with Crippen LogP contribution in [0.2, 0.25) is 0 Å². The Kier molecular flexibility index (Phi) is 5.23. The molecule has 0 aliphatic heterocycles. The normalized spacial score (nSPS) is 13.9. The molecule has 0 aromatic heterocycles. The van der Waals surface area contributed by atoms with Gasteiger partial charge in [0.05, 0.1) is 12.1 Å². The minimum atomic E-state index is -0.830. The van der Waals surface area contributed by atoms with Crippen molar-refractivity contribution in [3.8, 4) is 5.75 Å². The first-order chi connectivity index (χ1) is 8.89. The van der Waals surface area contributed by atoms with Crippen LogP contribution in [0.1, 0.15) is 19.8 Å². The molecule has 0 saturated heterocycles. The van der Waals surface area contributed by atoms with Gasteiger partial charge in [-0.1, -0.05) is 0 Å².